The molecule has 0 unspecified atom stereocenters. The third kappa shape index (κ3) is 1.79. The molecule has 0 bridgehead atoms. The van der Waals surface area contributed by atoms with Crippen LogP contribution < -0.4 is 5.73 Å². The fourth-order valence-electron chi connectivity index (χ4n) is 0.804. The summed E-state index contributed by atoms with van der Waals surface area (Å²) >= 11 is 1.33. The highest BCUT2D eigenvalue weighted by Gasteiger charge is 2.24. The predicted octanol–water partition coefficient (Wildman–Crippen LogP) is 0.987. The molecule has 0 saturated carbocycles. The first-order valence-electron chi connectivity index (χ1n) is 3.59. The molecule has 1 rings (SSSR count). The quantitative estimate of drug-likeness (QED) is 0.713. The van der Waals surface area contributed by atoms with Crippen LogP contribution in [-0.4, -0.2) is 16.5 Å². The van der Waals surface area contributed by atoms with E-state index in [1.165, 1.54) is 11.3 Å². The van der Waals surface area contributed by atoms with Crippen molar-refractivity contribution in [2.24, 2.45) is 0 Å². The van der Waals surface area contributed by atoms with Gasteiger partial charge in [0.05, 0.1) is 0 Å². The molecule has 0 aliphatic carbocycles. The van der Waals surface area contributed by atoms with Gasteiger partial charge in [0.25, 0.3) is 0 Å². The number of hydrogen-bond donors (Lipinski definition) is 1. The number of aldehydes is 1. The first-order valence-corrected chi connectivity index (χ1v) is 4.41. The highest BCUT2D eigenvalue weighted by molar-refractivity contribution is 7.15. The molecule has 1 heterocycles. The van der Waals surface area contributed by atoms with Crippen molar-refractivity contribution in [1.29, 1.82) is 0 Å². The average molecular weight is 185 g/mol. The van der Waals surface area contributed by atoms with Crippen molar-refractivity contribution in [3.63, 3.8) is 0 Å². The van der Waals surface area contributed by atoms with Crippen molar-refractivity contribution in [3.8, 4) is 0 Å². The lowest BCUT2D eigenvalue weighted by Crippen LogP contribution is -2.17. The van der Waals surface area contributed by atoms with Crippen LogP contribution >= 0.6 is 11.3 Å². The lowest BCUT2D eigenvalue weighted by Gasteiger charge is -2.16. The Morgan fingerprint density at radius 2 is 2.25 bits per heavy atom. The Hall–Kier alpha value is -0.970. The Morgan fingerprint density at radius 1 is 1.58 bits per heavy atom. The zero-order valence-electron chi connectivity index (χ0n) is 7.07. The molecule has 0 spiro atoms. The molecule has 4 nitrogen and oxygen atoms in total. The minimum atomic E-state index is -0.239. The minimum Gasteiger partial charge on any atom is -0.374 e. The van der Waals surface area contributed by atoms with E-state index < -0.39 is 0 Å². The van der Waals surface area contributed by atoms with E-state index in [0.717, 1.165) is 11.3 Å². The predicted molar refractivity (Wildman–Crippen MR) is 48.0 cm³/mol. The van der Waals surface area contributed by atoms with Crippen molar-refractivity contribution in [3.05, 3.63) is 5.01 Å². The number of aromatic nitrogens is 2. The third-order valence-corrected chi connectivity index (χ3v) is 2.73. The van der Waals surface area contributed by atoms with Crippen molar-refractivity contribution < 1.29 is 4.79 Å². The van der Waals surface area contributed by atoms with E-state index in [1.807, 2.05) is 13.8 Å². The monoisotopic (exact) mass is 185 g/mol. The third-order valence-electron chi connectivity index (χ3n) is 1.61. The lowest BCUT2D eigenvalue weighted by atomic mass is 9.91. The van der Waals surface area contributed by atoms with E-state index in [2.05, 4.69) is 10.2 Å². The van der Waals surface area contributed by atoms with Gasteiger partial charge in [-0.3, -0.25) is 0 Å². The van der Waals surface area contributed by atoms with Crippen LogP contribution in [0.2, 0.25) is 0 Å². The molecule has 0 aromatic carbocycles. The summed E-state index contributed by atoms with van der Waals surface area (Å²) in [4.78, 5) is 10.3. The second-order valence-electron chi connectivity index (χ2n) is 3.20. The van der Waals surface area contributed by atoms with Crippen LogP contribution in [0.3, 0.4) is 0 Å². The van der Waals surface area contributed by atoms with E-state index in [9.17, 15) is 4.79 Å². The van der Waals surface area contributed by atoms with E-state index in [1.54, 1.807) is 0 Å². The van der Waals surface area contributed by atoms with E-state index in [-0.39, 0.29) is 5.41 Å². The summed E-state index contributed by atoms with van der Waals surface area (Å²) in [6.45, 7) is 3.89. The van der Waals surface area contributed by atoms with Gasteiger partial charge in [-0.25, -0.2) is 0 Å². The Morgan fingerprint density at radius 3 is 2.67 bits per heavy atom. The molecule has 0 amide bonds. The molecule has 5 heteroatoms. The molecule has 0 aliphatic rings. The van der Waals surface area contributed by atoms with Gasteiger partial charge in [0.2, 0.25) is 5.13 Å². The van der Waals surface area contributed by atoms with Gasteiger partial charge in [0.1, 0.15) is 11.3 Å². The topological polar surface area (TPSA) is 68.9 Å². The van der Waals surface area contributed by atoms with Gasteiger partial charge in [-0.2, -0.15) is 0 Å². The molecule has 1 aromatic heterocycles. The summed E-state index contributed by atoms with van der Waals surface area (Å²) in [5.74, 6) is 0. The first kappa shape index (κ1) is 9.12. The zero-order chi connectivity index (χ0) is 9.19. The number of carbonyl (C=O) groups excluding carboxylic acids is 1. The Kier molecular flexibility index (Phi) is 2.42. The van der Waals surface area contributed by atoms with Crippen LogP contribution in [-0.2, 0) is 10.2 Å². The van der Waals surface area contributed by atoms with Crippen molar-refractivity contribution >= 4 is 22.8 Å². The molecule has 0 atom stereocenters. The fourth-order valence-corrected chi connectivity index (χ4v) is 1.52. The smallest absolute Gasteiger partial charge is 0.203 e. The number of anilines is 1. The largest absolute Gasteiger partial charge is 0.374 e. The molecule has 12 heavy (non-hydrogen) atoms. The normalized spacial score (nSPS) is 11.5. The second-order valence-corrected chi connectivity index (χ2v) is 4.21. The maximum absolute atomic E-state index is 10.3. The Balaban J connectivity index is 2.88. The summed E-state index contributed by atoms with van der Waals surface area (Å²) in [5, 5.41) is 8.85. The number of nitrogens with zero attached hydrogens (tertiary/aromatic N) is 2. The number of nitrogens with two attached hydrogens (primary N) is 1. The highest BCUT2D eigenvalue weighted by Crippen LogP contribution is 2.29. The molecule has 2 N–H and O–H groups in total. The van der Waals surface area contributed by atoms with Gasteiger partial charge in [-0.05, 0) is 0 Å². The van der Waals surface area contributed by atoms with Gasteiger partial charge < -0.3 is 10.5 Å². The van der Waals surface area contributed by atoms with E-state index in [4.69, 9.17) is 5.73 Å². The summed E-state index contributed by atoms with van der Waals surface area (Å²) < 4.78 is 0. The molecule has 66 valence electrons. The fraction of sp³-hybridized carbons (Fsp3) is 0.571. The number of nitrogen functional groups attached to an aromatic ring is 1. The van der Waals surface area contributed by atoms with Crippen LogP contribution in [0.15, 0.2) is 0 Å². The summed E-state index contributed by atoms with van der Waals surface area (Å²) in [5.41, 5.74) is 5.19. The van der Waals surface area contributed by atoms with E-state index in [0.29, 0.717) is 11.6 Å². The molecule has 0 aliphatic heterocycles. The summed E-state index contributed by atoms with van der Waals surface area (Å²) in [6, 6.07) is 0. The van der Waals surface area contributed by atoms with Crippen LogP contribution in [0.25, 0.3) is 0 Å². The summed E-state index contributed by atoms with van der Waals surface area (Å²) in [6.07, 6.45) is 1.33. The second kappa shape index (κ2) is 3.18. The molecular formula is C7H11N3OS. The standard InChI is InChI=1S/C7H11N3OS/c1-7(2,3-4-11)5-9-10-6(8)12-5/h4H,3H2,1-2H3,(H2,8,10). The van der Waals surface area contributed by atoms with Gasteiger partial charge >= 0.3 is 0 Å². The van der Waals surface area contributed by atoms with Crippen LogP contribution in [0.4, 0.5) is 5.13 Å². The SMILES string of the molecule is CC(C)(CC=O)c1nnc(N)s1. The number of rotatable bonds is 3. The average Bonchev–Trinajstić information content (AvgIpc) is 2.36. The van der Waals surface area contributed by atoms with Crippen LogP contribution in [0.5, 0.6) is 0 Å². The minimum absolute atomic E-state index is 0.239. The van der Waals surface area contributed by atoms with Crippen molar-refractivity contribution in [2.45, 2.75) is 25.7 Å². The van der Waals surface area contributed by atoms with Crippen molar-refractivity contribution in [2.75, 3.05) is 5.73 Å². The van der Waals surface area contributed by atoms with Crippen LogP contribution in [0, 0.1) is 0 Å². The maximum Gasteiger partial charge on any atom is 0.203 e. The molecule has 0 saturated heterocycles. The first-order chi connectivity index (χ1) is 5.56. The zero-order valence-corrected chi connectivity index (χ0v) is 7.89. The number of hydrogen-bond acceptors (Lipinski definition) is 5. The molecular weight excluding hydrogens is 174 g/mol. The Bertz CT molecular complexity index is 282. The molecule has 0 fully saturated rings. The van der Waals surface area contributed by atoms with Gasteiger partial charge in [-0.1, -0.05) is 25.2 Å². The summed E-state index contributed by atoms with van der Waals surface area (Å²) in [7, 11) is 0. The van der Waals surface area contributed by atoms with Gasteiger partial charge in [0.15, 0.2) is 0 Å². The van der Waals surface area contributed by atoms with Crippen molar-refractivity contribution in [1.82, 2.24) is 10.2 Å². The molecule has 1 aromatic rings. The highest BCUT2D eigenvalue weighted by atomic mass is 32.1. The molecule has 0 radical (unpaired) electrons. The Labute approximate surface area is 74.8 Å². The maximum atomic E-state index is 10.3. The van der Waals surface area contributed by atoms with Gasteiger partial charge in [0, 0.05) is 11.8 Å². The number of carbonyl (C=O) groups is 1. The van der Waals surface area contributed by atoms with Crippen LogP contribution in [0.1, 0.15) is 25.3 Å². The van der Waals surface area contributed by atoms with Gasteiger partial charge in [-0.15, -0.1) is 10.2 Å². The lowest BCUT2D eigenvalue weighted by molar-refractivity contribution is -0.108. The van der Waals surface area contributed by atoms with E-state index >= 15 is 0 Å².